The molecule has 3 unspecified atom stereocenters. The molecule has 0 N–H and O–H groups in total. The van der Waals surface area contributed by atoms with Crippen molar-refractivity contribution in [2.24, 2.45) is 5.92 Å². The molecule has 3 atom stereocenters. The molecule has 3 aliphatic carbocycles. The van der Waals surface area contributed by atoms with Gasteiger partial charge in [0.2, 0.25) is 0 Å². The number of halogens is 2. The summed E-state index contributed by atoms with van der Waals surface area (Å²) in [6.07, 6.45) is 11.3. The molecule has 0 aliphatic heterocycles. The molecule has 4 heteroatoms. The van der Waals surface area contributed by atoms with Gasteiger partial charge in [-0.15, -0.1) is 0 Å². The van der Waals surface area contributed by atoms with E-state index in [1.807, 2.05) is 0 Å². The first-order valence-corrected chi connectivity index (χ1v) is 35.2. The van der Waals surface area contributed by atoms with Crippen molar-refractivity contribution >= 4 is 35.1 Å². The predicted octanol–water partition coefficient (Wildman–Crippen LogP) is 14.4. The minimum atomic E-state index is -4.82. The number of rotatable bonds is 9. The molecule has 1 saturated carbocycles. The maximum atomic E-state index is 8.74. The van der Waals surface area contributed by atoms with Gasteiger partial charge in [-0.05, 0) is 0 Å². The van der Waals surface area contributed by atoms with Crippen LogP contribution in [0.25, 0.3) is 34.4 Å². The van der Waals surface area contributed by atoms with Crippen LogP contribution >= 0.6 is 17.0 Å². The standard InChI is InChI=1S/C23H25.C20H21.C2H7Si.2ClH.Zr/c1-16(2)17-10-12-19(13-11-17)22-9-5-8-20-14-21(15-23(20)22)18-6-3-4-7-18;1-4-15(3)16-8-10-17(11-9-16)19-7-5-6-18-12-14(2)13-20(18)19;1-3-2;;;/h5,8-16,18H,3-4,6-7H2,1-2H3;5-13,15H,4H2,1-3H3;3H,1-2H3;2*1H;/q;;;;;+2/p-2. The van der Waals surface area contributed by atoms with Crippen LogP contribution in [-0.4, -0.2) is 5.92 Å². The van der Waals surface area contributed by atoms with E-state index < -0.39 is 21.5 Å². The first-order chi connectivity index (χ1) is 23.4. The Hall–Kier alpha value is -1.96. The van der Waals surface area contributed by atoms with Crippen LogP contribution in [0.1, 0.15) is 119 Å². The predicted molar refractivity (Wildman–Crippen MR) is 216 cm³/mol. The van der Waals surface area contributed by atoms with Crippen molar-refractivity contribution in [3.8, 4) is 22.3 Å². The number of benzene rings is 4. The fraction of sp³-hybridized carbons (Fsp3) is 0.378. The molecule has 4 aromatic carbocycles. The fourth-order valence-electron chi connectivity index (χ4n) is 9.55. The minimum absolute atomic E-state index is 0.112. The van der Waals surface area contributed by atoms with Gasteiger partial charge in [-0.1, -0.05) is 0 Å². The van der Waals surface area contributed by atoms with Crippen LogP contribution in [0.4, 0.5) is 0 Å². The molecule has 0 nitrogen and oxygen atoms in total. The third-order valence-electron chi connectivity index (χ3n) is 12.7. The maximum absolute atomic E-state index is 8.74. The molecule has 255 valence electrons. The summed E-state index contributed by atoms with van der Waals surface area (Å²) >= 11 is -4.82. The van der Waals surface area contributed by atoms with Gasteiger partial charge in [-0.3, -0.25) is 0 Å². The van der Waals surface area contributed by atoms with Gasteiger partial charge >= 0.3 is 307 Å². The molecule has 0 aromatic heterocycles. The van der Waals surface area contributed by atoms with Crippen molar-refractivity contribution in [2.45, 2.75) is 98.9 Å². The van der Waals surface area contributed by atoms with Gasteiger partial charge in [0, 0.05) is 0 Å². The van der Waals surface area contributed by atoms with E-state index in [0.717, 1.165) is 6.42 Å². The number of hydrogen-bond donors (Lipinski definition) is 0. The van der Waals surface area contributed by atoms with Crippen LogP contribution in [0.2, 0.25) is 13.1 Å². The van der Waals surface area contributed by atoms with Gasteiger partial charge in [-0.2, -0.15) is 0 Å². The van der Waals surface area contributed by atoms with Gasteiger partial charge in [-0.25, -0.2) is 0 Å². The molecule has 0 radical (unpaired) electrons. The van der Waals surface area contributed by atoms with Crippen molar-refractivity contribution in [3.63, 3.8) is 0 Å². The second kappa shape index (κ2) is 13.5. The summed E-state index contributed by atoms with van der Waals surface area (Å²) in [5.41, 5.74) is 16.4. The third-order valence-corrected chi connectivity index (χ3v) is 64.7. The molecule has 4 aromatic rings. The van der Waals surface area contributed by atoms with E-state index >= 15 is 0 Å². The van der Waals surface area contributed by atoms with Crippen LogP contribution in [0.15, 0.2) is 96.1 Å². The summed E-state index contributed by atoms with van der Waals surface area (Å²) in [6.45, 7) is 16.4. The van der Waals surface area contributed by atoms with Crippen molar-refractivity contribution in [2.75, 3.05) is 0 Å². The molecule has 3 aliphatic rings. The van der Waals surface area contributed by atoms with Crippen LogP contribution in [0.5, 0.6) is 0 Å². The summed E-state index contributed by atoms with van der Waals surface area (Å²) in [5.74, 6) is 0.0246. The molecule has 0 heterocycles. The first-order valence-electron chi connectivity index (χ1n) is 18.9. The van der Waals surface area contributed by atoms with Crippen LogP contribution in [-0.2, 0) is 15.6 Å². The van der Waals surface area contributed by atoms with Crippen LogP contribution < -0.4 is 0 Å². The van der Waals surface area contributed by atoms with E-state index in [1.54, 1.807) is 5.57 Å². The van der Waals surface area contributed by atoms with E-state index in [-0.39, 0.29) is 7.25 Å². The zero-order valence-corrected chi connectivity index (χ0v) is 35.6. The Labute approximate surface area is 304 Å². The number of allylic oxidation sites excluding steroid dienone is 2. The van der Waals surface area contributed by atoms with Gasteiger partial charge in [0.25, 0.3) is 0 Å². The average molecular weight is 784 g/mol. The number of hydrogen-bond acceptors (Lipinski definition) is 0. The van der Waals surface area contributed by atoms with Crippen molar-refractivity contribution in [1.82, 2.24) is 0 Å². The SMILES string of the molecule is CCC(C)c1ccc(-c2cccc3c2C=C(C)[CH]3[Zr]([Cl])([Cl])([CH]2C(C3CCCC3)=Cc3c(-c4ccc(C(C)C)cc4)cccc32)[SiH](C)C)cc1. The summed E-state index contributed by atoms with van der Waals surface area (Å²) in [7, 11) is 17.5. The molecule has 49 heavy (non-hydrogen) atoms. The Balaban J connectivity index is 1.39. The van der Waals surface area contributed by atoms with Crippen molar-refractivity contribution < 1.29 is 15.6 Å². The summed E-state index contributed by atoms with van der Waals surface area (Å²) < 4.78 is 0.253. The summed E-state index contributed by atoms with van der Waals surface area (Å²) in [4.78, 5) is 0. The van der Waals surface area contributed by atoms with Crippen molar-refractivity contribution in [3.05, 3.63) is 129 Å². The second-order valence-electron chi connectivity index (χ2n) is 16.1. The van der Waals surface area contributed by atoms with E-state index in [2.05, 4.69) is 145 Å². The zero-order chi connectivity index (χ0) is 34.7. The van der Waals surface area contributed by atoms with E-state index in [9.17, 15) is 0 Å². The molecule has 1 fully saturated rings. The molecule has 7 rings (SSSR count). The molecule has 0 amide bonds. The molecule has 0 spiro atoms. The summed E-state index contributed by atoms with van der Waals surface area (Å²) in [5, 5.41) is 0. The van der Waals surface area contributed by atoms with Gasteiger partial charge in [0.05, 0.1) is 0 Å². The van der Waals surface area contributed by atoms with Gasteiger partial charge < -0.3 is 0 Å². The van der Waals surface area contributed by atoms with Crippen molar-refractivity contribution in [1.29, 1.82) is 0 Å². The van der Waals surface area contributed by atoms with Gasteiger partial charge in [0.1, 0.15) is 0 Å². The number of fused-ring (bicyclic) bond motifs is 2. The Morgan fingerprint density at radius 1 is 0.694 bits per heavy atom. The zero-order valence-electron chi connectivity index (χ0n) is 30.5. The Kier molecular flexibility index (Phi) is 9.80. The van der Waals surface area contributed by atoms with Crippen LogP contribution in [0, 0.1) is 5.92 Å². The quantitative estimate of drug-likeness (QED) is 0.148. The second-order valence-corrected chi connectivity index (χ2v) is 58.6. The monoisotopic (exact) mass is 781 g/mol. The van der Waals surface area contributed by atoms with E-state index in [1.165, 1.54) is 86.9 Å². The molecule has 0 bridgehead atoms. The Morgan fingerprint density at radius 2 is 1.20 bits per heavy atom. The molecular weight excluding hydrogens is 731 g/mol. The molecular formula is C45H53Cl2SiZr. The van der Waals surface area contributed by atoms with E-state index in [0.29, 0.717) is 17.8 Å². The normalized spacial score (nSPS) is 20.6. The van der Waals surface area contributed by atoms with Crippen LogP contribution in [0.3, 0.4) is 0 Å². The summed E-state index contributed by atoms with van der Waals surface area (Å²) in [6, 6.07) is 32.5. The topological polar surface area (TPSA) is 0 Å². The third kappa shape index (κ3) is 5.90. The fourth-order valence-corrected chi connectivity index (χ4v) is 41.5. The van der Waals surface area contributed by atoms with Gasteiger partial charge in [0.15, 0.2) is 0 Å². The Morgan fingerprint density at radius 3 is 1.71 bits per heavy atom. The first kappa shape index (κ1) is 35.4. The molecule has 0 saturated heterocycles. The Bertz CT molecular complexity index is 1930. The van der Waals surface area contributed by atoms with E-state index in [4.69, 9.17) is 17.0 Å². The average Bonchev–Trinajstić information content (AvgIpc) is 3.85.